The quantitative estimate of drug-likeness (QED) is 0.634. The molecule has 0 aliphatic carbocycles. The standard InChI is InChI=1S/C18H20N2O3/c1-13-4-3-5-17(12-13)23-11-10-19-18(22)20-16-8-6-15(7-9-16)14(2)21/h3-9,12H,10-11H2,1-2H3,(H2,19,20,22). The van der Waals surface area contributed by atoms with Crippen LogP contribution in [0.4, 0.5) is 10.5 Å². The van der Waals surface area contributed by atoms with Gasteiger partial charge in [-0.25, -0.2) is 4.79 Å². The van der Waals surface area contributed by atoms with Gasteiger partial charge in [-0.1, -0.05) is 12.1 Å². The fourth-order valence-electron chi connectivity index (χ4n) is 2.00. The maximum Gasteiger partial charge on any atom is 0.319 e. The van der Waals surface area contributed by atoms with Gasteiger partial charge < -0.3 is 15.4 Å². The molecular weight excluding hydrogens is 292 g/mol. The molecule has 0 aromatic heterocycles. The van der Waals surface area contributed by atoms with Crippen molar-refractivity contribution in [2.24, 2.45) is 0 Å². The molecule has 2 aromatic carbocycles. The number of benzene rings is 2. The van der Waals surface area contributed by atoms with E-state index in [0.717, 1.165) is 11.3 Å². The van der Waals surface area contributed by atoms with Crippen LogP contribution < -0.4 is 15.4 Å². The highest BCUT2D eigenvalue weighted by molar-refractivity contribution is 5.95. The average molecular weight is 312 g/mol. The van der Waals surface area contributed by atoms with E-state index in [2.05, 4.69) is 10.6 Å². The Hall–Kier alpha value is -2.82. The predicted octanol–water partition coefficient (Wildman–Crippen LogP) is 3.40. The molecule has 0 saturated heterocycles. The van der Waals surface area contributed by atoms with Crippen molar-refractivity contribution in [2.45, 2.75) is 13.8 Å². The van der Waals surface area contributed by atoms with Crippen molar-refractivity contribution in [1.29, 1.82) is 0 Å². The van der Waals surface area contributed by atoms with Crippen LogP contribution in [0.25, 0.3) is 0 Å². The van der Waals surface area contributed by atoms with Gasteiger partial charge in [0.25, 0.3) is 0 Å². The van der Waals surface area contributed by atoms with Crippen molar-refractivity contribution >= 4 is 17.5 Å². The highest BCUT2D eigenvalue weighted by Gasteiger charge is 2.03. The fourth-order valence-corrected chi connectivity index (χ4v) is 2.00. The van der Waals surface area contributed by atoms with Gasteiger partial charge in [-0.2, -0.15) is 0 Å². The third-order valence-corrected chi connectivity index (χ3v) is 3.20. The number of rotatable bonds is 6. The van der Waals surface area contributed by atoms with Crippen molar-refractivity contribution in [2.75, 3.05) is 18.5 Å². The molecule has 0 heterocycles. The monoisotopic (exact) mass is 312 g/mol. The SMILES string of the molecule is CC(=O)c1ccc(NC(=O)NCCOc2cccc(C)c2)cc1. The Kier molecular flexibility index (Phi) is 5.74. The van der Waals surface area contributed by atoms with E-state index in [1.165, 1.54) is 6.92 Å². The summed E-state index contributed by atoms with van der Waals surface area (Å²) in [5, 5.41) is 5.41. The van der Waals surface area contributed by atoms with E-state index in [0.29, 0.717) is 24.4 Å². The van der Waals surface area contributed by atoms with Crippen LogP contribution >= 0.6 is 0 Å². The zero-order valence-corrected chi connectivity index (χ0v) is 13.3. The van der Waals surface area contributed by atoms with Gasteiger partial charge in [0.2, 0.25) is 0 Å². The Morgan fingerprint density at radius 3 is 2.48 bits per heavy atom. The van der Waals surface area contributed by atoms with E-state index >= 15 is 0 Å². The van der Waals surface area contributed by atoms with Gasteiger partial charge in [-0.15, -0.1) is 0 Å². The van der Waals surface area contributed by atoms with Crippen LogP contribution in [0.15, 0.2) is 48.5 Å². The van der Waals surface area contributed by atoms with E-state index in [-0.39, 0.29) is 11.8 Å². The van der Waals surface area contributed by atoms with Crippen LogP contribution in [0.1, 0.15) is 22.8 Å². The van der Waals surface area contributed by atoms with E-state index in [9.17, 15) is 9.59 Å². The van der Waals surface area contributed by atoms with Crippen LogP contribution in [-0.4, -0.2) is 25.0 Å². The Balaban J connectivity index is 1.71. The molecule has 0 radical (unpaired) electrons. The summed E-state index contributed by atoms with van der Waals surface area (Å²) in [5.74, 6) is 0.779. The lowest BCUT2D eigenvalue weighted by Gasteiger charge is -2.09. The first-order valence-electron chi connectivity index (χ1n) is 7.40. The second-order valence-corrected chi connectivity index (χ2v) is 5.18. The Morgan fingerprint density at radius 1 is 1.09 bits per heavy atom. The number of hydrogen-bond donors (Lipinski definition) is 2. The third kappa shape index (κ3) is 5.47. The molecule has 0 atom stereocenters. The first-order chi connectivity index (χ1) is 11.0. The molecule has 0 spiro atoms. The average Bonchev–Trinajstić information content (AvgIpc) is 2.52. The summed E-state index contributed by atoms with van der Waals surface area (Å²) in [6.45, 7) is 4.28. The summed E-state index contributed by atoms with van der Waals surface area (Å²) in [6.07, 6.45) is 0. The van der Waals surface area contributed by atoms with Crippen LogP contribution in [0.3, 0.4) is 0 Å². The number of hydrogen-bond acceptors (Lipinski definition) is 3. The van der Waals surface area contributed by atoms with Crippen LogP contribution in [0.2, 0.25) is 0 Å². The molecule has 0 bridgehead atoms. The van der Waals surface area contributed by atoms with Crippen molar-refractivity contribution in [1.82, 2.24) is 5.32 Å². The minimum Gasteiger partial charge on any atom is -0.492 e. The summed E-state index contributed by atoms with van der Waals surface area (Å²) in [5.41, 5.74) is 2.37. The van der Waals surface area contributed by atoms with Gasteiger partial charge in [-0.05, 0) is 55.8 Å². The molecule has 0 fully saturated rings. The number of aryl methyl sites for hydroxylation is 1. The molecule has 2 aromatic rings. The number of anilines is 1. The van der Waals surface area contributed by atoms with Gasteiger partial charge in [0.1, 0.15) is 12.4 Å². The molecule has 23 heavy (non-hydrogen) atoms. The van der Waals surface area contributed by atoms with Gasteiger partial charge in [0.05, 0.1) is 6.54 Å². The number of ketones is 1. The van der Waals surface area contributed by atoms with Gasteiger partial charge in [0, 0.05) is 11.3 Å². The first kappa shape index (κ1) is 16.5. The number of carbonyl (C=O) groups excluding carboxylic acids is 2. The second kappa shape index (κ2) is 7.98. The largest absolute Gasteiger partial charge is 0.492 e. The molecule has 0 saturated carbocycles. The maximum atomic E-state index is 11.8. The Morgan fingerprint density at radius 2 is 1.83 bits per heavy atom. The van der Waals surface area contributed by atoms with Crippen LogP contribution in [-0.2, 0) is 0 Å². The molecule has 5 heteroatoms. The zero-order valence-electron chi connectivity index (χ0n) is 13.3. The molecule has 0 aliphatic heterocycles. The number of carbonyl (C=O) groups is 2. The zero-order chi connectivity index (χ0) is 16.7. The van der Waals surface area contributed by atoms with Crippen molar-refractivity contribution in [3.63, 3.8) is 0 Å². The summed E-state index contributed by atoms with van der Waals surface area (Å²) in [7, 11) is 0. The van der Waals surface area contributed by atoms with E-state index in [4.69, 9.17) is 4.74 Å². The van der Waals surface area contributed by atoms with Gasteiger partial charge in [0.15, 0.2) is 5.78 Å². The normalized spacial score (nSPS) is 10.0. The summed E-state index contributed by atoms with van der Waals surface area (Å²) in [6, 6.07) is 14.2. The van der Waals surface area contributed by atoms with Gasteiger partial charge in [-0.3, -0.25) is 4.79 Å². The molecule has 5 nitrogen and oxygen atoms in total. The number of ether oxygens (including phenoxy) is 1. The number of amides is 2. The molecule has 120 valence electrons. The Labute approximate surface area is 135 Å². The summed E-state index contributed by atoms with van der Waals surface area (Å²) < 4.78 is 5.55. The smallest absolute Gasteiger partial charge is 0.319 e. The predicted molar refractivity (Wildman–Crippen MR) is 90.1 cm³/mol. The third-order valence-electron chi connectivity index (χ3n) is 3.20. The highest BCUT2D eigenvalue weighted by Crippen LogP contribution is 2.12. The molecule has 0 aliphatic rings. The first-order valence-corrected chi connectivity index (χ1v) is 7.40. The molecule has 2 rings (SSSR count). The lowest BCUT2D eigenvalue weighted by molar-refractivity contribution is 0.101. The van der Waals surface area contributed by atoms with Crippen molar-refractivity contribution in [3.05, 3.63) is 59.7 Å². The minimum atomic E-state index is -0.312. The van der Waals surface area contributed by atoms with Gasteiger partial charge >= 0.3 is 6.03 Å². The minimum absolute atomic E-state index is 0.00528. The molecule has 2 N–H and O–H groups in total. The summed E-state index contributed by atoms with van der Waals surface area (Å²) >= 11 is 0. The van der Waals surface area contributed by atoms with Crippen LogP contribution in [0, 0.1) is 6.92 Å². The Bertz CT molecular complexity index is 681. The molecule has 2 amide bonds. The second-order valence-electron chi connectivity index (χ2n) is 5.18. The lowest BCUT2D eigenvalue weighted by atomic mass is 10.1. The fraction of sp³-hybridized carbons (Fsp3) is 0.222. The van der Waals surface area contributed by atoms with Crippen LogP contribution in [0.5, 0.6) is 5.75 Å². The number of nitrogens with one attached hydrogen (secondary N) is 2. The maximum absolute atomic E-state index is 11.8. The topological polar surface area (TPSA) is 67.4 Å². The molecular formula is C18H20N2O3. The van der Waals surface area contributed by atoms with Crippen molar-refractivity contribution in [3.8, 4) is 5.75 Å². The number of Topliss-reactive ketones (excluding diaryl/α,β-unsaturated/α-hetero) is 1. The molecule has 0 unspecified atom stereocenters. The summed E-state index contributed by atoms with van der Waals surface area (Å²) in [4.78, 5) is 22.9. The highest BCUT2D eigenvalue weighted by atomic mass is 16.5. The van der Waals surface area contributed by atoms with E-state index < -0.39 is 0 Å². The lowest BCUT2D eigenvalue weighted by Crippen LogP contribution is -2.32. The van der Waals surface area contributed by atoms with E-state index in [1.807, 2.05) is 31.2 Å². The van der Waals surface area contributed by atoms with Crippen molar-refractivity contribution < 1.29 is 14.3 Å². The number of urea groups is 1. The van der Waals surface area contributed by atoms with E-state index in [1.54, 1.807) is 24.3 Å².